The zero-order valence-electron chi connectivity index (χ0n) is 19.2. The molecule has 34 heavy (non-hydrogen) atoms. The van der Waals surface area contributed by atoms with Gasteiger partial charge in [0, 0.05) is 18.0 Å². The maximum absolute atomic E-state index is 12.8. The summed E-state index contributed by atoms with van der Waals surface area (Å²) in [6.07, 6.45) is 0.811. The van der Waals surface area contributed by atoms with Crippen LogP contribution in [0.2, 0.25) is 0 Å². The van der Waals surface area contributed by atoms with Crippen LogP contribution in [0.5, 0.6) is 0 Å². The van der Waals surface area contributed by atoms with E-state index in [2.05, 4.69) is 22.8 Å². The fourth-order valence-electron chi connectivity index (χ4n) is 4.47. The summed E-state index contributed by atoms with van der Waals surface area (Å²) in [5.74, 6) is -1.43. The van der Waals surface area contributed by atoms with Crippen molar-refractivity contribution < 1.29 is 29.0 Å². The molecule has 1 saturated heterocycles. The first-order valence-corrected chi connectivity index (χ1v) is 11.2. The number of ether oxygens (including phenoxy) is 2. The van der Waals surface area contributed by atoms with Gasteiger partial charge in [-0.3, -0.25) is 4.79 Å². The van der Waals surface area contributed by atoms with Gasteiger partial charge in [0.15, 0.2) is 0 Å². The van der Waals surface area contributed by atoms with E-state index >= 15 is 0 Å². The molecule has 0 saturated carbocycles. The van der Waals surface area contributed by atoms with Crippen molar-refractivity contribution in [3.05, 3.63) is 71.3 Å². The molecule has 2 unspecified atom stereocenters. The molecule has 0 radical (unpaired) electrons. The number of aliphatic carboxylic acids is 1. The van der Waals surface area contributed by atoms with Crippen LogP contribution in [0.1, 0.15) is 30.9 Å². The minimum absolute atomic E-state index is 0.0584. The summed E-state index contributed by atoms with van der Waals surface area (Å²) < 4.78 is 11.1. The molecule has 0 bridgehead atoms. The molecule has 1 aliphatic heterocycles. The number of carbonyl (C=O) groups is 3. The van der Waals surface area contributed by atoms with E-state index in [1.807, 2.05) is 36.4 Å². The number of carbonyl (C=O) groups excluding carboxylic acids is 2. The lowest BCUT2D eigenvalue weighted by molar-refractivity contribution is -0.133. The lowest BCUT2D eigenvalue weighted by Crippen LogP contribution is -2.53. The van der Waals surface area contributed by atoms with Crippen molar-refractivity contribution in [2.24, 2.45) is 5.41 Å². The molecule has 1 fully saturated rings. The third kappa shape index (κ3) is 4.54. The topological polar surface area (TPSA) is 114 Å². The van der Waals surface area contributed by atoms with Crippen LogP contribution in [0.25, 0.3) is 11.1 Å². The van der Waals surface area contributed by atoms with Gasteiger partial charge in [0.25, 0.3) is 0 Å². The van der Waals surface area contributed by atoms with Gasteiger partial charge in [0.05, 0.1) is 24.7 Å². The molecule has 1 aliphatic carbocycles. The number of hydrogen-bond donors (Lipinski definition) is 3. The Morgan fingerprint density at radius 3 is 2.35 bits per heavy atom. The molecule has 178 valence electrons. The highest BCUT2D eigenvalue weighted by molar-refractivity contribution is 5.87. The maximum Gasteiger partial charge on any atom is 0.407 e. The molecule has 8 heteroatoms. The average molecular weight is 465 g/mol. The fourth-order valence-corrected chi connectivity index (χ4v) is 4.47. The quantitative estimate of drug-likeness (QED) is 0.543. The second-order valence-corrected chi connectivity index (χ2v) is 8.86. The smallest absolute Gasteiger partial charge is 0.407 e. The van der Waals surface area contributed by atoms with E-state index in [1.54, 1.807) is 6.92 Å². The van der Waals surface area contributed by atoms with Gasteiger partial charge in [0.2, 0.25) is 5.91 Å². The van der Waals surface area contributed by atoms with Gasteiger partial charge in [-0.05, 0) is 36.1 Å². The highest BCUT2D eigenvalue weighted by Crippen LogP contribution is 2.44. The molecule has 8 nitrogen and oxygen atoms in total. The normalized spacial score (nSPS) is 21.5. The lowest BCUT2D eigenvalue weighted by Gasteiger charge is -2.28. The van der Waals surface area contributed by atoms with E-state index in [1.165, 1.54) is 13.0 Å². The summed E-state index contributed by atoms with van der Waals surface area (Å²) in [6.45, 7) is 3.72. The zero-order valence-corrected chi connectivity index (χ0v) is 19.2. The number of fused-ring (bicyclic) bond motifs is 3. The van der Waals surface area contributed by atoms with Crippen molar-refractivity contribution in [3.63, 3.8) is 0 Å². The molecule has 0 aromatic heterocycles. The van der Waals surface area contributed by atoms with E-state index < -0.39 is 23.5 Å². The van der Waals surface area contributed by atoms with Crippen LogP contribution >= 0.6 is 0 Å². The molecule has 2 aliphatic rings. The molecular weight excluding hydrogens is 436 g/mol. The predicted octanol–water partition coefficient (Wildman–Crippen LogP) is 3.08. The Labute approximate surface area is 198 Å². The third-order valence-electron chi connectivity index (χ3n) is 6.62. The minimum atomic E-state index is -1.04. The van der Waals surface area contributed by atoms with Gasteiger partial charge in [-0.1, -0.05) is 54.6 Å². The summed E-state index contributed by atoms with van der Waals surface area (Å²) in [5.41, 5.74) is 3.67. The second-order valence-electron chi connectivity index (χ2n) is 8.86. The monoisotopic (exact) mass is 464 g/mol. The standard InChI is InChI=1S/C26H28N2O6/c1-16(23(29)30)11-12-27-24(31)26(2)15-33-14-22(26)28-25(32)34-13-21-19-9-5-3-7-17(19)18-8-4-6-10-20(18)21/h3-11,21-22H,12-15H2,1-2H3,(H,27,31)(H,28,32)(H,29,30)/b16-11+. The zero-order chi connectivity index (χ0) is 24.3. The molecular formula is C26H28N2O6. The maximum atomic E-state index is 12.8. The van der Waals surface area contributed by atoms with Crippen LogP contribution in [-0.4, -0.2) is 55.5 Å². The van der Waals surface area contributed by atoms with Crippen molar-refractivity contribution >= 4 is 18.0 Å². The lowest BCUT2D eigenvalue weighted by atomic mass is 9.84. The number of nitrogens with one attached hydrogen (secondary N) is 2. The minimum Gasteiger partial charge on any atom is -0.478 e. The summed E-state index contributed by atoms with van der Waals surface area (Å²) in [7, 11) is 0. The van der Waals surface area contributed by atoms with Crippen LogP contribution in [-0.2, 0) is 19.1 Å². The van der Waals surface area contributed by atoms with Crippen molar-refractivity contribution in [1.82, 2.24) is 10.6 Å². The van der Waals surface area contributed by atoms with Crippen LogP contribution in [0, 0.1) is 5.41 Å². The van der Waals surface area contributed by atoms with E-state index in [0.29, 0.717) is 0 Å². The highest BCUT2D eigenvalue weighted by atomic mass is 16.5. The molecule has 3 N–H and O–H groups in total. The van der Waals surface area contributed by atoms with E-state index in [4.69, 9.17) is 14.6 Å². The number of benzene rings is 2. The number of rotatable bonds is 7. The first-order valence-electron chi connectivity index (χ1n) is 11.2. The Hall–Kier alpha value is -3.65. The average Bonchev–Trinajstić information content (AvgIpc) is 3.36. The van der Waals surface area contributed by atoms with Crippen LogP contribution in [0.15, 0.2) is 60.2 Å². The molecule has 2 aromatic carbocycles. The Morgan fingerprint density at radius 1 is 1.12 bits per heavy atom. The largest absolute Gasteiger partial charge is 0.478 e. The number of carboxylic acids is 1. The summed E-state index contributed by atoms with van der Waals surface area (Å²) in [5, 5.41) is 14.4. The number of alkyl carbamates (subject to hydrolysis) is 1. The number of amides is 2. The Balaban J connectivity index is 1.37. The molecule has 2 amide bonds. The van der Waals surface area contributed by atoms with Crippen LogP contribution in [0.3, 0.4) is 0 Å². The molecule has 0 spiro atoms. The van der Waals surface area contributed by atoms with Crippen molar-refractivity contribution in [2.45, 2.75) is 25.8 Å². The van der Waals surface area contributed by atoms with Gasteiger partial charge >= 0.3 is 12.1 Å². The SMILES string of the molecule is C/C(=C\CNC(=O)C1(C)COCC1NC(=O)OCC1c2ccccc2-c2ccccc21)C(=O)O. The second kappa shape index (κ2) is 9.69. The van der Waals surface area contributed by atoms with E-state index in [-0.39, 0.29) is 43.8 Å². The number of hydrogen-bond acceptors (Lipinski definition) is 5. The fraction of sp³-hybridized carbons (Fsp3) is 0.346. The van der Waals surface area contributed by atoms with Gasteiger partial charge in [-0.15, -0.1) is 0 Å². The van der Waals surface area contributed by atoms with Gasteiger partial charge in [-0.2, -0.15) is 0 Å². The Morgan fingerprint density at radius 2 is 1.74 bits per heavy atom. The van der Waals surface area contributed by atoms with Gasteiger partial charge in [0.1, 0.15) is 6.61 Å². The first-order chi connectivity index (χ1) is 16.3. The summed E-state index contributed by atoms with van der Waals surface area (Å²) in [4.78, 5) is 36.4. The van der Waals surface area contributed by atoms with Gasteiger partial charge in [-0.25, -0.2) is 9.59 Å². The number of carboxylic acid groups (broad SMARTS) is 1. The van der Waals surface area contributed by atoms with Crippen LogP contribution in [0.4, 0.5) is 4.79 Å². The van der Waals surface area contributed by atoms with Gasteiger partial charge < -0.3 is 25.2 Å². The molecule has 2 aromatic rings. The predicted molar refractivity (Wildman–Crippen MR) is 125 cm³/mol. The Bertz CT molecular complexity index is 1100. The van der Waals surface area contributed by atoms with Crippen molar-refractivity contribution in [1.29, 1.82) is 0 Å². The van der Waals surface area contributed by atoms with E-state index in [0.717, 1.165) is 22.3 Å². The summed E-state index contributed by atoms with van der Waals surface area (Å²) >= 11 is 0. The molecule has 2 atom stereocenters. The van der Waals surface area contributed by atoms with Crippen molar-refractivity contribution in [2.75, 3.05) is 26.4 Å². The third-order valence-corrected chi connectivity index (χ3v) is 6.62. The molecule has 4 rings (SSSR count). The first kappa shape index (κ1) is 23.5. The van der Waals surface area contributed by atoms with Crippen LogP contribution < -0.4 is 10.6 Å². The molecule has 1 heterocycles. The van der Waals surface area contributed by atoms with E-state index in [9.17, 15) is 14.4 Å². The van der Waals surface area contributed by atoms with Crippen molar-refractivity contribution in [3.8, 4) is 11.1 Å². The Kier molecular flexibility index (Phi) is 6.70. The summed E-state index contributed by atoms with van der Waals surface area (Å²) in [6, 6.07) is 15.6. The highest BCUT2D eigenvalue weighted by Gasteiger charge is 2.47.